The fourth-order valence-electron chi connectivity index (χ4n) is 2.81. The second kappa shape index (κ2) is 6.32. The lowest BCUT2D eigenvalue weighted by Crippen LogP contribution is -2.16. The van der Waals surface area contributed by atoms with Crippen LogP contribution >= 0.6 is 0 Å². The molecule has 8 heteroatoms. The predicted octanol–water partition coefficient (Wildman–Crippen LogP) is 1.61. The van der Waals surface area contributed by atoms with E-state index in [1.54, 1.807) is 6.26 Å². The standard InChI is InChI=1S/C16H18N6O2/c17-16-20-12-4-6-18-5-3-11(12)15(21-16)19-9-10-8-14(24-22-10)13-2-1-7-23-13/h1-2,7-8,18H,3-6,9H2,(H3,17,19,20,21). The molecule has 3 aromatic rings. The van der Waals surface area contributed by atoms with Crippen molar-refractivity contribution in [3.8, 4) is 11.5 Å². The number of anilines is 2. The highest BCUT2D eigenvalue weighted by Crippen LogP contribution is 2.23. The smallest absolute Gasteiger partial charge is 0.222 e. The minimum atomic E-state index is 0.287. The molecule has 8 nitrogen and oxygen atoms in total. The van der Waals surface area contributed by atoms with Crippen molar-refractivity contribution in [2.75, 3.05) is 24.1 Å². The van der Waals surface area contributed by atoms with Crippen LogP contribution < -0.4 is 16.4 Å². The molecule has 0 aromatic carbocycles. The van der Waals surface area contributed by atoms with E-state index in [1.165, 1.54) is 0 Å². The number of furan rings is 1. The van der Waals surface area contributed by atoms with Crippen LogP contribution in [0.3, 0.4) is 0 Å². The number of nitrogens with two attached hydrogens (primary N) is 1. The Hall–Kier alpha value is -2.87. The van der Waals surface area contributed by atoms with E-state index in [0.29, 0.717) is 18.1 Å². The van der Waals surface area contributed by atoms with Crippen molar-refractivity contribution < 1.29 is 8.94 Å². The van der Waals surface area contributed by atoms with Crippen molar-refractivity contribution >= 4 is 11.8 Å². The Morgan fingerprint density at radius 2 is 2.12 bits per heavy atom. The molecule has 0 radical (unpaired) electrons. The fraction of sp³-hybridized carbons (Fsp3) is 0.312. The molecule has 0 unspecified atom stereocenters. The van der Waals surface area contributed by atoms with Gasteiger partial charge in [-0.3, -0.25) is 0 Å². The molecular weight excluding hydrogens is 308 g/mol. The first-order valence-electron chi connectivity index (χ1n) is 7.89. The largest absolute Gasteiger partial charge is 0.461 e. The van der Waals surface area contributed by atoms with Crippen molar-refractivity contribution in [3.63, 3.8) is 0 Å². The molecule has 0 aliphatic carbocycles. The zero-order valence-corrected chi connectivity index (χ0v) is 13.1. The Morgan fingerprint density at radius 3 is 3.00 bits per heavy atom. The van der Waals surface area contributed by atoms with Crippen molar-refractivity contribution in [2.24, 2.45) is 0 Å². The number of nitrogens with zero attached hydrogens (tertiary/aromatic N) is 3. The molecule has 24 heavy (non-hydrogen) atoms. The highest BCUT2D eigenvalue weighted by Gasteiger charge is 2.16. The lowest BCUT2D eigenvalue weighted by atomic mass is 10.1. The summed E-state index contributed by atoms with van der Waals surface area (Å²) in [5.41, 5.74) is 8.73. The minimum Gasteiger partial charge on any atom is -0.461 e. The van der Waals surface area contributed by atoms with Gasteiger partial charge in [0.1, 0.15) is 11.5 Å². The van der Waals surface area contributed by atoms with E-state index in [-0.39, 0.29) is 5.95 Å². The number of nitrogens with one attached hydrogen (secondary N) is 2. The van der Waals surface area contributed by atoms with Crippen LogP contribution in [0, 0.1) is 0 Å². The molecule has 0 atom stereocenters. The van der Waals surface area contributed by atoms with Crippen LogP contribution in [0.5, 0.6) is 0 Å². The van der Waals surface area contributed by atoms with Crippen LogP contribution in [0.15, 0.2) is 33.4 Å². The van der Waals surface area contributed by atoms with Gasteiger partial charge in [-0.05, 0) is 25.1 Å². The first kappa shape index (κ1) is 14.7. The highest BCUT2D eigenvalue weighted by molar-refractivity contribution is 5.52. The Morgan fingerprint density at radius 1 is 1.21 bits per heavy atom. The molecule has 0 spiro atoms. The minimum absolute atomic E-state index is 0.287. The number of nitrogen functional groups attached to an aromatic ring is 1. The van der Waals surface area contributed by atoms with Gasteiger partial charge in [0.05, 0.1) is 18.5 Å². The van der Waals surface area contributed by atoms with Gasteiger partial charge < -0.3 is 25.3 Å². The fourth-order valence-corrected chi connectivity index (χ4v) is 2.81. The van der Waals surface area contributed by atoms with Crippen LogP contribution in [0.2, 0.25) is 0 Å². The second-order valence-corrected chi connectivity index (χ2v) is 5.62. The van der Waals surface area contributed by atoms with Gasteiger partial charge in [0, 0.05) is 24.6 Å². The van der Waals surface area contributed by atoms with E-state index >= 15 is 0 Å². The SMILES string of the molecule is Nc1nc2c(c(NCc3cc(-c4ccco4)on3)n1)CCNCC2. The Labute approximate surface area is 138 Å². The first-order chi connectivity index (χ1) is 11.8. The van der Waals surface area contributed by atoms with Gasteiger partial charge in [-0.1, -0.05) is 5.16 Å². The quantitative estimate of drug-likeness (QED) is 0.662. The molecule has 0 amide bonds. The Balaban J connectivity index is 1.53. The molecular formula is C16H18N6O2. The number of fused-ring (bicyclic) bond motifs is 1. The normalized spacial score (nSPS) is 14.2. The summed E-state index contributed by atoms with van der Waals surface area (Å²) in [5, 5.41) is 10.7. The maximum atomic E-state index is 5.84. The number of rotatable bonds is 4. The average molecular weight is 326 g/mol. The summed E-state index contributed by atoms with van der Waals surface area (Å²) >= 11 is 0. The van der Waals surface area contributed by atoms with Crippen LogP contribution in [0.1, 0.15) is 17.0 Å². The monoisotopic (exact) mass is 326 g/mol. The Bertz CT molecular complexity index is 827. The van der Waals surface area contributed by atoms with E-state index in [4.69, 9.17) is 14.7 Å². The maximum absolute atomic E-state index is 5.84. The zero-order valence-electron chi connectivity index (χ0n) is 13.1. The summed E-state index contributed by atoms with van der Waals surface area (Å²) in [5.74, 6) is 2.31. The molecule has 1 aliphatic heterocycles. The maximum Gasteiger partial charge on any atom is 0.222 e. The molecule has 0 bridgehead atoms. The van der Waals surface area contributed by atoms with E-state index < -0.39 is 0 Å². The third kappa shape index (κ3) is 2.95. The van der Waals surface area contributed by atoms with Gasteiger partial charge in [-0.25, -0.2) is 4.98 Å². The van der Waals surface area contributed by atoms with Crippen LogP contribution in [-0.4, -0.2) is 28.2 Å². The van der Waals surface area contributed by atoms with E-state index in [1.807, 2.05) is 18.2 Å². The summed E-state index contributed by atoms with van der Waals surface area (Å²) in [4.78, 5) is 8.72. The molecule has 3 aromatic heterocycles. The number of hydrogen-bond donors (Lipinski definition) is 3. The van der Waals surface area contributed by atoms with Crippen molar-refractivity contribution in [2.45, 2.75) is 19.4 Å². The van der Waals surface area contributed by atoms with Crippen LogP contribution in [0.25, 0.3) is 11.5 Å². The van der Waals surface area contributed by atoms with Gasteiger partial charge in [-0.2, -0.15) is 4.98 Å². The molecule has 1 aliphatic rings. The lowest BCUT2D eigenvalue weighted by Gasteiger charge is -2.12. The number of aromatic nitrogens is 3. The van der Waals surface area contributed by atoms with Gasteiger partial charge in [0.2, 0.25) is 11.7 Å². The van der Waals surface area contributed by atoms with Crippen molar-refractivity contribution in [1.82, 2.24) is 20.4 Å². The lowest BCUT2D eigenvalue weighted by molar-refractivity contribution is 0.411. The van der Waals surface area contributed by atoms with Gasteiger partial charge in [0.25, 0.3) is 0 Å². The molecule has 124 valence electrons. The zero-order chi connectivity index (χ0) is 16.4. The van der Waals surface area contributed by atoms with Crippen LogP contribution in [-0.2, 0) is 19.4 Å². The molecule has 4 heterocycles. The first-order valence-corrected chi connectivity index (χ1v) is 7.89. The summed E-state index contributed by atoms with van der Waals surface area (Å²) in [7, 11) is 0. The van der Waals surface area contributed by atoms with Crippen molar-refractivity contribution in [3.05, 3.63) is 41.4 Å². The van der Waals surface area contributed by atoms with E-state index in [9.17, 15) is 0 Å². The second-order valence-electron chi connectivity index (χ2n) is 5.62. The summed E-state index contributed by atoms with van der Waals surface area (Å²) in [6.07, 6.45) is 3.32. The molecule has 0 saturated heterocycles. The number of hydrogen-bond acceptors (Lipinski definition) is 8. The topological polar surface area (TPSA) is 115 Å². The average Bonchev–Trinajstić information content (AvgIpc) is 3.20. The van der Waals surface area contributed by atoms with Crippen LogP contribution in [0.4, 0.5) is 11.8 Å². The predicted molar refractivity (Wildman–Crippen MR) is 88.3 cm³/mol. The Kier molecular flexibility index (Phi) is 3.87. The summed E-state index contributed by atoms with van der Waals surface area (Å²) in [6.45, 7) is 2.29. The molecule has 0 saturated carbocycles. The third-order valence-electron chi connectivity index (χ3n) is 3.96. The van der Waals surface area contributed by atoms with E-state index in [0.717, 1.165) is 48.7 Å². The molecule has 4 N–H and O–H groups in total. The van der Waals surface area contributed by atoms with E-state index in [2.05, 4.69) is 25.8 Å². The summed E-state index contributed by atoms with van der Waals surface area (Å²) < 4.78 is 10.6. The van der Waals surface area contributed by atoms with Gasteiger partial charge in [-0.15, -0.1) is 0 Å². The molecule has 4 rings (SSSR count). The van der Waals surface area contributed by atoms with Crippen molar-refractivity contribution in [1.29, 1.82) is 0 Å². The van der Waals surface area contributed by atoms with Gasteiger partial charge in [0.15, 0.2) is 5.76 Å². The third-order valence-corrected chi connectivity index (χ3v) is 3.96. The molecule has 0 fully saturated rings. The highest BCUT2D eigenvalue weighted by atomic mass is 16.5. The van der Waals surface area contributed by atoms with Gasteiger partial charge >= 0.3 is 0 Å². The summed E-state index contributed by atoms with van der Waals surface area (Å²) in [6, 6.07) is 5.48.